The molecule has 0 saturated heterocycles. The molecule has 0 saturated carbocycles. The van der Waals surface area contributed by atoms with Crippen LogP contribution in [0.3, 0.4) is 0 Å². The first-order chi connectivity index (χ1) is 23.3. The summed E-state index contributed by atoms with van der Waals surface area (Å²) in [5, 5.41) is 4.45. The average Bonchev–Trinajstić information content (AvgIpc) is 3.84. The Balaban J connectivity index is 1.10. The fourth-order valence-corrected chi connectivity index (χ4v) is 7.05. The van der Waals surface area contributed by atoms with Crippen LogP contribution in [0.25, 0.3) is 94.2 Å². The zero-order valence-electron chi connectivity index (χ0n) is 25.2. The second-order valence-corrected chi connectivity index (χ2v) is 12.0. The van der Waals surface area contributed by atoms with Crippen LogP contribution in [-0.4, -0.2) is 9.55 Å². The van der Waals surface area contributed by atoms with Gasteiger partial charge in [0.25, 0.3) is 0 Å². The highest BCUT2D eigenvalue weighted by atomic mass is 16.4. The molecule has 0 fully saturated rings. The molecule has 0 aliphatic heterocycles. The number of oxazole rings is 1. The van der Waals surface area contributed by atoms with Crippen molar-refractivity contribution < 1.29 is 8.83 Å². The minimum absolute atomic E-state index is 0.586. The van der Waals surface area contributed by atoms with Crippen molar-refractivity contribution in [2.24, 2.45) is 0 Å². The van der Waals surface area contributed by atoms with Gasteiger partial charge in [0.15, 0.2) is 5.58 Å². The number of aromatic nitrogens is 2. The van der Waals surface area contributed by atoms with Gasteiger partial charge in [-0.25, -0.2) is 4.98 Å². The third-order valence-electron chi connectivity index (χ3n) is 9.24. The van der Waals surface area contributed by atoms with Crippen molar-refractivity contribution in [1.82, 2.24) is 9.55 Å². The summed E-state index contributed by atoms with van der Waals surface area (Å²) in [6.07, 6.45) is 0. The highest BCUT2D eigenvalue weighted by Crippen LogP contribution is 2.42. The lowest BCUT2D eigenvalue weighted by Gasteiger charge is -2.08. The molecule has 3 heterocycles. The number of hydrogen-bond donors (Lipinski definition) is 0. The molecule has 10 rings (SSSR count). The summed E-state index contributed by atoms with van der Waals surface area (Å²) in [7, 11) is 0. The van der Waals surface area contributed by atoms with E-state index in [0.29, 0.717) is 5.89 Å². The number of furan rings is 1. The molecule has 4 heteroatoms. The van der Waals surface area contributed by atoms with E-state index in [1.165, 1.54) is 21.8 Å². The van der Waals surface area contributed by atoms with Gasteiger partial charge in [0.1, 0.15) is 16.7 Å². The van der Waals surface area contributed by atoms with Gasteiger partial charge in [-0.15, -0.1) is 0 Å². The number of fused-ring (bicyclic) bond motifs is 8. The molecule has 0 radical (unpaired) electrons. The smallest absolute Gasteiger partial charge is 0.227 e. The van der Waals surface area contributed by atoms with Gasteiger partial charge in [-0.1, -0.05) is 103 Å². The first-order valence-electron chi connectivity index (χ1n) is 15.8. The van der Waals surface area contributed by atoms with Gasteiger partial charge in [0.05, 0.1) is 16.4 Å². The Morgan fingerprint density at radius 1 is 0.447 bits per heavy atom. The summed E-state index contributed by atoms with van der Waals surface area (Å²) in [5.74, 6) is 0.586. The molecule has 0 aliphatic carbocycles. The summed E-state index contributed by atoms with van der Waals surface area (Å²) in [6, 6.07) is 54.9. The van der Waals surface area contributed by atoms with Gasteiger partial charge < -0.3 is 13.4 Å². The lowest BCUT2D eigenvalue weighted by Crippen LogP contribution is -1.92. The zero-order valence-corrected chi connectivity index (χ0v) is 25.2. The van der Waals surface area contributed by atoms with E-state index in [9.17, 15) is 0 Å². The van der Waals surface area contributed by atoms with E-state index >= 15 is 0 Å². The predicted octanol–water partition coefficient (Wildman–Crippen LogP) is 11.8. The molecule has 0 unspecified atom stereocenters. The predicted molar refractivity (Wildman–Crippen MR) is 192 cm³/mol. The Bertz CT molecular complexity index is 2770. The molecular formula is C43H26N2O2. The minimum atomic E-state index is 0.586. The highest BCUT2D eigenvalue weighted by Gasteiger charge is 2.21. The van der Waals surface area contributed by atoms with E-state index in [-0.39, 0.29) is 0 Å². The Labute approximate surface area is 269 Å². The number of para-hydroxylation sites is 3. The average molecular weight is 603 g/mol. The van der Waals surface area contributed by atoms with E-state index in [1.54, 1.807) is 0 Å². The van der Waals surface area contributed by atoms with Crippen molar-refractivity contribution in [3.8, 4) is 39.4 Å². The summed E-state index contributed by atoms with van der Waals surface area (Å²) in [5.41, 5.74) is 12.0. The molecule has 0 N–H and O–H groups in total. The van der Waals surface area contributed by atoms with Crippen molar-refractivity contribution in [2.45, 2.75) is 0 Å². The van der Waals surface area contributed by atoms with Crippen LogP contribution in [-0.2, 0) is 0 Å². The molecule has 0 atom stereocenters. The molecular weight excluding hydrogens is 576 g/mol. The van der Waals surface area contributed by atoms with Crippen molar-refractivity contribution in [3.63, 3.8) is 0 Å². The third kappa shape index (κ3) is 3.98. The van der Waals surface area contributed by atoms with E-state index in [2.05, 4.69) is 126 Å². The molecule has 0 bridgehead atoms. The minimum Gasteiger partial charge on any atom is -0.456 e. The topological polar surface area (TPSA) is 44.1 Å². The monoisotopic (exact) mass is 602 g/mol. The maximum atomic E-state index is 6.62. The lowest BCUT2D eigenvalue weighted by atomic mass is 10.0. The molecule has 10 aromatic rings. The van der Waals surface area contributed by atoms with Crippen molar-refractivity contribution in [1.29, 1.82) is 0 Å². The zero-order chi connectivity index (χ0) is 30.9. The van der Waals surface area contributed by atoms with Gasteiger partial charge in [0.2, 0.25) is 5.89 Å². The standard InChI is InChI=1S/C43H26N2O2/c1-3-11-28(12-4-1)34-26-39-40(33-16-8-10-18-38(33)46-39)42-41(34)44-43(47-42)29-21-19-27(20-22-29)30-23-24-37-35(25-30)32-15-7-9-17-36(32)45(37)31-13-5-2-6-14-31/h1-26H. The second-order valence-electron chi connectivity index (χ2n) is 12.0. The van der Waals surface area contributed by atoms with Gasteiger partial charge in [-0.3, -0.25) is 0 Å². The molecule has 0 aliphatic rings. The maximum Gasteiger partial charge on any atom is 0.227 e. The normalized spacial score (nSPS) is 11.8. The lowest BCUT2D eigenvalue weighted by molar-refractivity contribution is 0.622. The summed E-state index contributed by atoms with van der Waals surface area (Å²) >= 11 is 0. The Morgan fingerprint density at radius 2 is 1.11 bits per heavy atom. The van der Waals surface area contributed by atoms with Crippen LogP contribution < -0.4 is 0 Å². The molecule has 0 spiro atoms. The number of benzene rings is 7. The van der Waals surface area contributed by atoms with Gasteiger partial charge in [-0.2, -0.15) is 0 Å². The van der Waals surface area contributed by atoms with E-state index in [4.69, 9.17) is 13.8 Å². The van der Waals surface area contributed by atoms with Crippen LogP contribution in [0.5, 0.6) is 0 Å². The van der Waals surface area contributed by atoms with Crippen molar-refractivity contribution in [2.75, 3.05) is 0 Å². The first-order valence-corrected chi connectivity index (χ1v) is 15.8. The first kappa shape index (κ1) is 25.9. The summed E-state index contributed by atoms with van der Waals surface area (Å²) in [6.45, 7) is 0. The maximum absolute atomic E-state index is 6.62. The number of nitrogens with zero attached hydrogens (tertiary/aromatic N) is 2. The van der Waals surface area contributed by atoms with Crippen molar-refractivity contribution in [3.05, 3.63) is 158 Å². The fourth-order valence-electron chi connectivity index (χ4n) is 7.05. The van der Waals surface area contributed by atoms with Crippen LogP contribution in [0.1, 0.15) is 0 Å². The Hall–Kier alpha value is -6.39. The molecule has 220 valence electrons. The quantitative estimate of drug-likeness (QED) is 0.201. The largest absolute Gasteiger partial charge is 0.456 e. The third-order valence-corrected chi connectivity index (χ3v) is 9.24. The van der Waals surface area contributed by atoms with Gasteiger partial charge >= 0.3 is 0 Å². The van der Waals surface area contributed by atoms with Crippen LogP contribution in [0, 0.1) is 0 Å². The highest BCUT2D eigenvalue weighted by molar-refractivity contribution is 6.19. The van der Waals surface area contributed by atoms with Crippen LogP contribution in [0.4, 0.5) is 0 Å². The molecule has 47 heavy (non-hydrogen) atoms. The van der Waals surface area contributed by atoms with E-state index in [0.717, 1.165) is 66.5 Å². The Morgan fingerprint density at radius 3 is 1.94 bits per heavy atom. The van der Waals surface area contributed by atoms with Gasteiger partial charge in [-0.05, 0) is 71.3 Å². The van der Waals surface area contributed by atoms with E-state index in [1.807, 2.05) is 36.4 Å². The molecule has 4 nitrogen and oxygen atoms in total. The summed E-state index contributed by atoms with van der Waals surface area (Å²) < 4.78 is 15.3. The number of rotatable bonds is 4. The van der Waals surface area contributed by atoms with Crippen molar-refractivity contribution >= 4 is 54.8 Å². The van der Waals surface area contributed by atoms with Gasteiger partial charge in [0, 0.05) is 33.0 Å². The summed E-state index contributed by atoms with van der Waals surface area (Å²) in [4.78, 5) is 5.09. The van der Waals surface area contributed by atoms with Crippen LogP contribution in [0.15, 0.2) is 167 Å². The second kappa shape index (κ2) is 10.1. The van der Waals surface area contributed by atoms with Crippen LogP contribution in [0.2, 0.25) is 0 Å². The molecule has 0 amide bonds. The SMILES string of the molecule is c1ccc(-c2cc3oc4ccccc4c3c3oc(-c4ccc(-c5ccc6c(c5)c5ccccc5n6-c5ccccc5)cc4)nc23)cc1. The molecule has 7 aromatic carbocycles. The number of hydrogen-bond acceptors (Lipinski definition) is 3. The fraction of sp³-hybridized carbons (Fsp3) is 0. The van der Waals surface area contributed by atoms with Crippen LogP contribution >= 0.6 is 0 Å². The Kier molecular flexibility index (Phi) is 5.54. The van der Waals surface area contributed by atoms with E-state index < -0.39 is 0 Å². The molecule has 3 aromatic heterocycles.